The molecular formula is C22H28O6. The first kappa shape index (κ1) is 21.7. The van der Waals surface area contributed by atoms with Crippen LogP contribution in [0.5, 0.6) is 5.75 Å². The van der Waals surface area contributed by atoms with Gasteiger partial charge in [-0.25, -0.2) is 9.59 Å². The first-order valence-electron chi connectivity index (χ1n) is 9.36. The monoisotopic (exact) mass is 388 g/mol. The van der Waals surface area contributed by atoms with E-state index in [4.69, 9.17) is 18.9 Å². The highest BCUT2D eigenvalue weighted by atomic mass is 16.7. The molecule has 6 heteroatoms. The summed E-state index contributed by atoms with van der Waals surface area (Å²) in [6.45, 7) is 10.1. The summed E-state index contributed by atoms with van der Waals surface area (Å²) >= 11 is 0. The molecule has 1 aromatic carbocycles. The lowest BCUT2D eigenvalue weighted by atomic mass is 9.83. The molecule has 0 aromatic heterocycles. The van der Waals surface area contributed by atoms with Crippen LogP contribution in [0.2, 0.25) is 0 Å². The van der Waals surface area contributed by atoms with Crippen molar-refractivity contribution in [2.45, 2.75) is 51.6 Å². The van der Waals surface area contributed by atoms with Crippen molar-refractivity contribution in [3.8, 4) is 5.75 Å². The van der Waals surface area contributed by atoms with Crippen molar-refractivity contribution in [3.63, 3.8) is 0 Å². The van der Waals surface area contributed by atoms with Gasteiger partial charge < -0.3 is 18.9 Å². The molecule has 1 aromatic rings. The summed E-state index contributed by atoms with van der Waals surface area (Å²) < 4.78 is 20.9. The number of carbonyl (C=O) groups excluding carboxylic acids is 2. The zero-order valence-electron chi connectivity index (χ0n) is 16.6. The Morgan fingerprint density at radius 3 is 1.96 bits per heavy atom. The summed E-state index contributed by atoms with van der Waals surface area (Å²) in [5, 5.41) is 0. The molecule has 0 aliphatic heterocycles. The van der Waals surface area contributed by atoms with E-state index in [1.807, 2.05) is 24.3 Å². The molecule has 0 unspecified atom stereocenters. The van der Waals surface area contributed by atoms with Crippen molar-refractivity contribution in [2.24, 2.45) is 0 Å². The van der Waals surface area contributed by atoms with Gasteiger partial charge in [0.15, 0.2) is 6.79 Å². The minimum Gasteiger partial charge on any atom is -0.457 e. The normalized spacial score (nSPS) is 18.8. The highest BCUT2D eigenvalue weighted by Crippen LogP contribution is 2.34. The van der Waals surface area contributed by atoms with Crippen LogP contribution in [0.1, 0.15) is 51.0 Å². The van der Waals surface area contributed by atoms with Crippen molar-refractivity contribution in [1.82, 2.24) is 0 Å². The third-order valence-electron chi connectivity index (χ3n) is 4.63. The fourth-order valence-electron chi connectivity index (χ4n) is 2.98. The van der Waals surface area contributed by atoms with Gasteiger partial charge in [0.25, 0.3) is 0 Å². The van der Waals surface area contributed by atoms with Crippen LogP contribution in [0, 0.1) is 0 Å². The standard InChI is InChI=1S/C22H28O6/c1-15(2)21(23)27-13-25-19-9-5-17(6-10-19)18-7-11-20(12-8-18)26-14-28-22(24)16(3)4/h5-6,9-10,18,20H,1,3,7-8,11-14H2,2,4H3. The second-order valence-corrected chi connectivity index (χ2v) is 7.01. The molecule has 2 rings (SSSR count). The van der Waals surface area contributed by atoms with E-state index in [1.165, 1.54) is 5.56 Å². The van der Waals surface area contributed by atoms with E-state index >= 15 is 0 Å². The van der Waals surface area contributed by atoms with Crippen LogP contribution in [0.3, 0.4) is 0 Å². The van der Waals surface area contributed by atoms with Gasteiger partial charge in [-0.15, -0.1) is 0 Å². The summed E-state index contributed by atoms with van der Waals surface area (Å²) in [7, 11) is 0. The van der Waals surface area contributed by atoms with Crippen molar-refractivity contribution >= 4 is 11.9 Å². The molecule has 0 radical (unpaired) electrons. The van der Waals surface area contributed by atoms with E-state index in [-0.39, 0.29) is 19.7 Å². The Bertz CT molecular complexity index is 698. The maximum atomic E-state index is 11.3. The van der Waals surface area contributed by atoms with Crippen LogP contribution < -0.4 is 4.74 Å². The maximum Gasteiger partial charge on any atom is 0.335 e. The van der Waals surface area contributed by atoms with Crippen LogP contribution >= 0.6 is 0 Å². The highest BCUT2D eigenvalue weighted by Gasteiger charge is 2.23. The van der Waals surface area contributed by atoms with Gasteiger partial charge in [-0.05, 0) is 63.1 Å². The topological polar surface area (TPSA) is 71.1 Å². The maximum absolute atomic E-state index is 11.3. The van der Waals surface area contributed by atoms with Gasteiger partial charge >= 0.3 is 11.9 Å². The molecule has 1 saturated carbocycles. The van der Waals surface area contributed by atoms with E-state index in [2.05, 4.69) is 13.2 Å². The Morgan fingerprint density at radius 2 is 1.43 bits per heavy atom. The Hall–Kier alpha value is -2.60. The van der Waals surface area contributed by atoms with Crippen molar-refractivity contribution in [3.05, 3.63) is 54.1 Å². The molecule has 0 atom stereocenters. The fraction of sp³-hybridized carbons (Fsp3) is 0.455. The lowest BCUT2D eigenvalue weighted by Gasteiger charge is -2.28. The summed E-state index contributed by atoms with van der Waals surface area (Å²) in [6.07, 6.45) is 3.97. The number of esters is 2. The second kappa shape index (κ2) is 10.7. The molecule has 0 N–H and O–H groups in total. The van der Waals surface area contributed by atoms with E-state index in [9.17, 15) is 9.59 Å². The molecule has 28 heavy (non-hydrogen) atoms. The van der Waals surface area contributed by atoms with Crippen LogP contribution in [0.4, 0.5) is 0 Å². The smallest absolute Gasteiger partial charge is 0.335 e. The summed E-state index contributed by atoms with van der Waals surface area (Å²) in [4.78, 5) is 22.6. The number of benzene rings is 1. The molecule has 0 amide bonds. The van der Waals surface area contributed by atoms with Crippen molar-refractivity contribution < 1.29 is 28.5 Å². The van der Waals surface area contributed by atoms with Crippen LogP contribution in [0.25, 0.3) is 0 Å². The van der Waals surface area contributed by atoms with Crippen LogP contribution in [0.15, 0.2) is 48.6 Å². The predicted octanol–water partition coefficient (Wildman–Crippen LogP) is 4.26. The van der Waals surface area contributed by atoms with E-state index in [0.29, 0.717) is 22.8 Å². The molecule has 1 aliphatic rings. The SMILES string of the molecule is C=C(C)C(=O)OCOc1ccc(C2CCC(OCOC(=O)C(=C)C)CC2)cc1. The number of hydrogen-bond acceptors (Lipinski definition) is 6. The minimum absolute atomic E-state index is 0.0248. The fourth-order valence-corrected chi connectivity index (χ4v) is 2.98. The first-order valence-corrected chi connectivity index (χ1v) is 9.36. The molecule has 6 nitrogen and oxygen atoms in total. The molecular weight excluding hydrogens is 360 g/mol. The average Bonchev–Trinajstić information content (AvgIpc) is 2.68. The molecule has 152 valence electrons. The van der Waals surface area contributed by atoms with Crippen LogP contribution in [-0.4, -0.2) is 31.6 Å². The van der Waals surface area contributed by atoms with Gasteiger partial charge in [-0.2, -0.15) is 0 Å². The largest absolute Gasteiger partial charge is 0.457 e. The zero-order chi connectivity index (χ0) is 20.5. The molecule has 0 bridgehead atoms. The van der Waals surface area contributed by atoms with Crippen LogP contribution in [-0.2, 0) is 23.8 Å². The number of hydrogen-bond donors (Lipinski definition) is 0. The van der Waals surface area contributed by atoms with Gasteiger partial charge in [0.05, 0.1) is 6.10 Å². The molecule has 0 spiro atoms. The first-order chi connectivity index (χ1) is 13.4. The van der Waals surface area contributed by atoms with E-state index in [0.717, 1.165) is 25.7 Å². The lowest BCUT2D eigenvalue weighted by molar-refractivity contribution is -0.157. The highest BCUT2D eigenvalue weighted by molar-refractivity contribution is 5.87. The predicted molar refractivity (Wildman–Crippen MR) is 105 cm³/mol. The number of rotatable bonds is 9. The summed E-state index contributed by atoms with van der Waals surface area (Å²) in [5.41, 5.74) is 1.96. The summed E-state index contributed by atoms with van der Waals surface area (Å²) in [6, 6.07) is 7.83. The third-order valence-corrected chi connectivity index (χ3v) is 4.63. The quantitative estimate of drug-likeness (QED) is 0.358. The molecule has 0 saturated heterocycles. The van der Waals surface area contributed by atoms with Gasteiger partial charge in [-0.3, -0.25) is 0 Å². The van der Waals surface area contributed by atoms with Gasteiger partial charge in [-0.1, -0.05) is 25.3 Å². The van der Waals surface area contributed by atoms with Gasteiger partial charge in [0.2, 0.25) is 6.79 Å². The van der Waals surface area contributed by atoms with Gasteiger partial charge in [0, 0.05) is 11.1 Å². The van der Waals surface area contributed by atoms with Gasteiger partial charge in [0.1, 0.15) is 5.75 Å². The number of ether oxygens (including phenoxy) is 4. The third kappa shape index (κ3) is 6.85. The molecule has 0 heterocycles. The Kier molecular flexibility index (Phi) is 8.26. The zero-order valence-corrected chi connectivity index (χ0v) is 16.6. The second-order valence-electron chi connectivity index (χ2n) is 7.01. The summed E-state index contributed by atoms with van der Waals surface area (Å²) in [5.74, 6) is 0.220. The van der Waals surface area contributed by atoms with E-state index in [1.54, 1.807) is 13.8 Å². The Balaban J connectivity index is 1.71. The lowest BCUT2D eigenvalue weighted by Crippen LogP contribution is -2.23. The minimum atomic E-state index is -0.468. The molecule has 1 fully saturated rings. The number of carbonyl (C=O) groups is 2. The Morgan fingerprint density at radius 1 is 0.893 bits per heavy atom. The Labute approximate surface area is 166 Å². The van der Waals surface area contributed by atoms with E-state index < -0.39 is 11.9 Å². The molecule has 1 aliphatic carbocycles. The average molecular weight is 388 g/mol. The van der Waals surface area contributed by atoms with Crippen molar-refractivity contribution in [2.75, 3.05) is 13.6 Å². The van der Waals surface area contributed by atoms with Crippen molar-refractivity contribution in [1.29, 1.82) is 0 Å².